The van der Waals surface area contributed by atoms with Gasteiger partial charge < -0.3 is 10.1 Å². The van der Waals surface area contributed by atoms with Crippen molar-refractivity contribution in [1.82, 2.24) is 10.2 Å². The normalized spacial score (nSPS) is 15.0. The fourth-order valence-electron chi connectivity index (χ4n) is 3.15. The van der Waals surface area contributed by atoms with Gasteiger partial charge in [0.1, 0.15) is 12.1 Å². The standard InChI is InChI=1S/C21H20N2O5/c1-13(23-19(25)15-10-6-7-11-16(15)20(23)26)18(24)22-17(21(27)28-2)12-14-8-4-3-5-9-14/h3-11,13,17H,12H2,1-2H3,(H,22,24)/t13-,17-/m1/s1. The minimum Gasteiger partial charge on any atom is -0.467 e. The maximum atomic E-state index is 12.7. The lowest BCUT2D eigenvalue weighted by atomic mass is 10.1. The fraction of sp³-hybridized carbons (Fsp3) is 0.238. The zero-order valence-corrected chi connectivity index (χ0v) is 15.5. The third-order valence-corrected chi connectivity index (χ3v) is 4.68. The number of carbonyl (C=O) groups is 4. The molecule has 3 rings (SSSR count). The van der Waals surface area contributed by atoms with Crippen LogP contribution in [0, 0.1) is 0 Å². The fourth-order valence-corrected chi connectivity index (χ4v) is 3.15. The van der Waals surface area contributed by atoms with Crippen LogP contribution in [-0.2, 0) is 20.7 Å². The monoisotopic (exact) mass is 380 g/mol. The van der Waals surface area contributed by atoms with E-state index in [1.54, 1.807) is 24.3 Å². The number of benzene rings is 2. The second-order valence-corrected chi connectivity index (χ2v) is 6.48. The number of esters is 1. The maximum absolute atomic E-state index is 12.7. The Kier molecular flexibility index (Phi) is 5.54. The molecule has 0 aromatic heterocycles. The predicted molar refractivity (Wildman–Crippen MR) is 100 cm³/mol. The van der Waals surface area contributed by atoms with E-state index in [0.29, 0.717) is 0 Å². The first-order valence-corrected chi connectivity index (χ1v) is 8.83. The second kappa shape index (κ2) is 8.04. The molecule has 0 radical (unpaired) electrons. The van der Waals surface area contributed by atoms with Gasteiger partial charge in [-0.1, -0.05) is 42.5 Å². The number of imide groups is 1. The molecule has 0 bridgehead atoms. The summed E-state index contributed by atoms with van der Waals surface area (Å²) in [5.74, 6) is -2.27. The van der Waals surface area contributed by atoms with Crippen molar-refractivity contribution in [3.05, 3.63) is 71.3 Å². The molecule has 0 spiro atoms. The largest absolute Gasteiger partial charge is 0.467 e. The molecule has 0 saturated heterocycles. The number of nitrogens with one attached hydrogen (secondary N) is 1. The molecule has 2 atom stereocenters. The van der Waals surface area contributed by atoms with Crippen LogP contribution >= 0.6 is 0 Å². The number of amides is 3. The topological polar surface area (TPSA) is 92.8 Å². The summed E-state index contributed by atoms with van der Waals surface area (Å²) in [4.78, 5) is 50.9. The van der Waals surface area contributed by atoms with Crippen molar-refractivity contribution in [3.63, 3.8) is 0 Å². The van der Waals surface area contributed by atoms with Gasteiger partial charge in [0.2, 0.25) is 5.91 Å². The zero-order chi connectivity index (χ0) is 20.3. The molecule has 1 heterocycles. The first kappa shape index (κ1) is 19.3. The van der Waals surface area contributed by atoms with E-state index in [0.717, 1.165) is 10.5 Å². The van der Waals surface area contributed by atoms with Crippen LogP contribution in [0.1, 0.15) is 33.2 Å². The Hall–Kier alpha value is -3.48. The molecule has 0 saturated carbocycles. The van der Waals surface area contributed by atoms with Crippen LogP contribution < -0.4 is 5.32 Å². The first-order chi connectivity index (χ1) is 13.4. The van der Waals surface area contributed by atoms with Crippen molar-refractivity contribution < 1.29 is 23.9 Å². The Morgan fingerprint density at radius 3 is 2.04 bits per heavy atom. The summed E-state index contributed by atoms with van der Waals surface area (Å²) in [6, 6.07) is 13.6. The number of carbonyl (C=O) groups excluding carboxylic acids is 4. The molecule has 1 aliphatic heterocycles. The molecule has 144 valence electrons. The number of ether oxygens (including phenoxy) is 1. The maximum Gasteiger partial charge on any atom is 0.328 e. The van der Waals surface area contributed by atoms with Crippen LogP contribution in [0.25, 0.3) is 0 Å². The minimum absolute atomic E-state index is 0.230. The van der Waals surface area contributed by atoms with Crippen LogP contribution in [0.4, 0.5) is 0 Å². The number of methoxy groups -OCH3 is 1. The Morgan fingerprint density at radius 2 is 1.50 bits per heavy atom. The van der Waals surface area contributed by atoms with Crippen LogP contribution in [-0.4, -0.2) is 47.8 Å². The number of nitrogens with zero attached hydrogens (tertiary/aromatic N) is 1. The minimum atomic E-state index is -1.07. The summed E-state index contributed by atoms with van der Waals surface area (Å²) >= 11 is 0. The van der Waals surface area contributed by atoms with Gasteiger partial charge in [0.15, 0.2) is 0 Å². The van der Waals surface area contributed by atoms with Gasteiger partial charge in [0.05, 0.1) is 18.2 Å². The summed E-state index contributed by atoms with van der Waals surface area (Å²) in [5, 5.41) is 2.60. The summed E-state index contributed by atoms with van der Waals surface area (Å²) in [7, 11) is 1.24. The van der Waals surface area contributed by atoms with E-state index in [9.17, 15) is 19.2 Å². The molecule has 7 nitrogen and oxygen atoms in total. The van der Waals surface area contributed by atoms with Crippen molar-refractivity contribution >= 4 is 23.7 Å². The SMILES string of the molecule is COC(=O)[C@@H](Cc1ccccc1)NC(=O)[C@@H](C)N1C(=O)c2ccccc2C1=O. The first-order valence-electron chi connectivity index (χ1n) is 8.83. The predicted octanol–water partition coefficient (Wildman–Crippen LogP) is 1.57. The molecule has 0 unspecified atom stereocenters. The van der Waals surface area contributed by atoms with E-state index in [4.69, 9.17) is 4.74 Å². The van der Waals surface area contributed by atoms with Crippen LogP contribution in [0.15, 0.2) is 54.6 Å². The van der Waals surface area contributed by atoms with Crippen LogP contribution in [0.2, 0.25) is 0 Å². The molecule has 0 aliphatic carbocycles. The van der Waals surface area contributed by atoms with E-state index < -0.39 is 35.8 Å². The number of rotatable bonds is 6. The summed E-state index contributed by atoms with van der Waals surface area (Å²) in [6.07, 6.45) is 0.230. The third-order valence-electron chi connectivity index (χ3n) is 4.68. The Balaban J connectivity index is 1.76. The smallest absolute Gasteiger partial charge is 0.328 e. The lowest BCUT2D eigenvalue weighted by Gasteiger charge is -2.24. The molecular weight excluding hydrogens is 360 g/mol. The van der Waals surface area contributed by atoms with Gasteiger partial charge in [0, 0.05) is 6.42 Å². The summed E-state index contributed by atoms with van der Waals surface area (Å²) in [6.45, 7) is 1.45. The summed E-state index contributed by atoms with van der Waals surface area (Å²) in [5.41, 5.74) is 1.37. The molecule has 1 N–H and O–H groups in total. The van der Waals surface area contributed by atoms with Gasteiger partial charge in [-0.05, 0) is 24.6 Å². The number of hydrogen-bond donors (Lipinski definition) is 1. The van der Waals surface area contributed by atoms with E-state index in [-0.39, 0.29) is 17.5 Å². The van der Waals surface area contributed by atoms with Crippen molar-refractivity contribution in [2.75, 3.05) is 7.11 Å². The molecule has 28 heavy (non-hydrogen) atoms. The van der Waals surface area contributed by atoms with Crippen molar-refractivity contribution in [3.8, 4) is 0 Å². The molecule has 7 heteroatoms. The van der Waals surface area contributed by atoms with E-state index >= 15 is 0 Å². The highest BCUT2D eigenvalue weighted by molar-refractivity contribution is 6.22. The van der Waals surface area contributed by atoms with Gasteiger partial charge in [0.25, 0.3) is 11.8 Å². The average Bonchev–Trinajstić information content (AvgIpc) is 2.97. The highest BCUT2D eigenvalue weighted by Crippen LogP contribution is 2.24. The highest BCUT2D eigenvalue weighted by atomic mass is 16.5. The quantitative estimate of drug-likeness (QED) is 0.607. The van der Waals surface area contributed by atoms with Gasteiger partial charge in [-0.3, -0.25) is 19.3 Å². The average molecular weight is 380 g/mol. The van der Waals surface area contributed by atoms with E-state index in [1.807, 2.05) is 30.3 Å². The van der Waals surface area contributed by atoms with Crippen molar-refractivity contribution in [2.24, 2.45) is 0 Å². The summed E-state index contributed by atoms with van der Waals surface area (Å²) < 4.78 is 4.78. The lowest BCUT2D eigenvalue weighted by Crippen LogP contribution is -2.52. The highest BCUT2D eigenvalue weighted by Gasteiger charge is 2.41. The Morgan fingerprint density at radius 1 is 0.964 bits per heavy atom. The van der Waals surface area contributed by atoms with E-state index in [2.05, 4.69) is 5.32 Å². The second-order valence-electron chi connectivity index (χ2n) is 6.48. The molecule has 2 aromatic carbocycles. The van der Waals surface area contributed by atoms with Gasteiger partial charge in [-0.15, -0.1) is 0 Å². The van der Waals surface area contributed by atoms with E-state index in [1.165, 1.54) is 14.0 Å². The lowest BCUT2D eigenvalue weighted by molar-refractivity contribution is -0.145. The van der Waals surface area contributed by atoms with Gasteiger partial charge >= 0.3 is 5.97 Å². The van der Waals surface area contributed by atoms with Crippen molar-refractivity contribution in [1.29, 1.82) is 0 Å². The zero-order valence-electron chi connectivity index (χ0n) is 15.5. The number of hydrogen-bond acceptors (Lipinski definition) is 5. The molecule has 1 aliphatic rings. The molecular formula is C21H20N2O5. The third kappa shape index (κ3) is 3.64. The van der Waals surface area contributed by atoms with Gasteiger partial charge in [-0.25, -0.2) is 4.79 Å². The Bertz CT molecular complexity index is 890. The van der Waals surface area contributed by atoms with Crippen LogP contribution in [0.3, 0.4) is 0 Å². The molecule has 2 aromatic rings. The van der Waals surface area contributed by atoms with Gasteiger partial charge in [-0.2, -0.15) is 0 Å². The molecule has 0 fully saturated rings. The number of fused-ring (bicyclic) bond motifs is 1. The van der Waals surface area contributed by atoms with Crippen LogP contribution in [0.5, 0.6) is 0 Å². The Labute approximate surface area is 162 Å². The molecule has 3 amide bonds. The van der Waals surface area contributed by atoms with Crippen molar-refractivity contribution in [2.45, 2.75) is 25.4 Å².